The van der Waals surface area contributed by atoms with Gasteiger partial charge in [-0.15, -0.1) is 0 Å². The molecule has 0 saturated carbocycles. The minimum absolute atomic E-state index is 0.516. The first-order chi connectivity index (χ1) is 6.16. The number of anilines is 1. The smallest absolute Gasteiger partial charge is 0.0473 e. The average Bonchev–Trinajstić information content (AvgIpc) is 2.02. The summed E-state index contributed by atoms with van der Waals surface area (Å²) in [6, 6.07) is 4.26. The molecule has 1 heterocycles. The molecule has 1 aromatic rings. The fourth-order valence-electron chi connectivity index (χ4n) is 1.68. The highest BCUT2D eigenvalue weighted by Gasteiger charge is 2.16. The molecule has 1 aliphatic rings. The fraction of sp³-hybridized carbons (Fsp3) is 0.400. The van der Waals surface area contributed by atoms with Gasteiger partial charge in [0.1, 0.15) is 0 Å². The molecule has 1 atom stereocenters. The van der Waals surface area contributed by atoms with E-state index in [1.807, 2.05) is 6.07 Å². The number of hydrogen-bond donors (Lipinski definition) is 1. The topological polar surface area (TPSA) is 12.0 Å². The molecule has 0 fully saturated rings. The lowest BCUT2D eigenvalue weighted by molar-refractivity contribution is 0.681. The van der Waals surface area contributed by atoms with Crippen LogP contribution in [0.15, 0.2) is 12.1 Å². The van der Waals surface area contributed by atoms with E-state index in [0.717, 1.165) is 23.6 Å². The van der Waals surface area contributed by atoms with Gasteiger partial charge in [-0.1, -0.05) is 23.2 Å². The van der Waals surface area contributed by atoms with Crippen LogP contribution < -0.4 is 5.32 Å². The van der Waals surface area contributed by atoms with E-state index in [0.29, 0.717) is 11.1 Å². The van der Waals surface area contributed by atoms with E-state index in [4.69, 9.17) is 23.2 Å². The number of rotatable bonds is 0. The van der Waals surface area contributed by atoms with E-state index in [-0.39, 0.29) is 0 Å². The van der Waals surface area contributed by atoms with Gasteiger partial charge in [0, 0.05) is 21.8 Å². The predicted molar refractivity (Wildman–Crippen MR) is 57.9 cm³/mol. The van der Waals surface area contributed by atoms with Gasteiger partial charge in [0.15, 0.2) is 0 Å². The van der Waals surface area contributed by atoms with Crippen LogP contribution in [0.1, 0.15) is 18.9 Å². The average molecular weight is 216 g/mol. The van der Waals surface area contributed by atoms with Crippen molar-refractivity contribution in [3.05, 3.63) is 27.7 Å². The fourth-order valence-corrected chi connectivity index (χ4v) is 2.27. The molecular formula is C10H11Cl2N. The van der Waals surface area contributed by atoms with Crippen molar-refractivity contribution >= 4 is 28.9 Å². The van der Waals surface area contributed by atoms with Crippen molar-refractivity contribution in [1.82, 2.24) is 0 Å². The molecule has 0 spiro atoms. The predicted octanol–water partition coefficient (Wildman–Crippen LogP) is 3.74. The van der Waals surface area contributed by atoms with E-state index in [9.17, 15) is 0 Å². The van der Waals surface area contributed by atoms with Gasteiger partial charge in [0.25, 0.3) is 0 Å². The summed E-state index contributed by atoms with van der Waals surface area (Å²) >= 11 is 12.0. The second-order valence-corrected chi connectivity index (χ2v) is 4.34. The summed E-state index contributed by atoms with van der Waals surface area (Å²) in [6.07, 6.45) is 2.17. The van der Waals surface area contributed by atoms with Crippen LogP contribution in [0.4, 0.5) is 5.69 Å². The Morgan fingerprint density at radius 1 is 1.38 bits per heavy atom. The molecule has 13 heavy (non-hydrogen) atoms. The number of hydrogen-bond acceptors (Lipinski definition) is 1. The number of fused-ring (bicyclic) bond motifs is 1. The number of halogens is 2. The van der Waals surface area contributed by atoms with Gasteiger partial charge in [-0.25, -0.2) is 0 Å². The van der Waals surface area contributed by atoms with Crippen LogP contribution in [0.25, 0.3) is 0 Å². The summed E-state index contributed by atoms with van der Waals surface area (Å²) < 4.78 is 0. The Bertz CT molecular complexity index is 336. The first-order valence-corrected chi connectivity index (χ1v) is 5.17. The van der Waals surface area contributed by atoms with Crippen LogP contribution in [-0.2, 0) is 6.42 Å². The molecule has 1 N–H and O–H groups in total. The second kappa shape index (κ2) is 3.39. The van der Waals surface area contributed by atoms with Crippen molar-refractivity contribution < 1.29 is 0 Å². The van der Waals surface area contributed by atoms with Crippen molar-refractivity contribution in [2.24, 2.45) is 0 Å². The molecule has 0 aromatic heterocycles. The lowest BCUT2D eigenvalue weighted by Gasteiger charge is -2.25. The normalized spacial score (nSPS) is 20.7. The van der Waals surface area contributed by atoms with E-state index >= 15 is 0 Å². The summed E-state index contributed by atoms with van der Waals surface area (Å²) in [5, 5.41) is 4.85. The molecule has 0 bridgehead atoms. The molecular weight excluding hydrogens is 205 g/mol. The van der Waals surface area contributed by atoms with Gasteiger partial charge in [0.05, 0.1) is 0 Å². The molecule has 0 saturated heterocycles. The number of benzene rings is 1. The van der Waals surface area contributed by atoms with Crippen molar-refractivity contribution in [2.75, 3.05) is 5.32 Å². The highest BCUT2D eigenvalue weighted by molar-refractivity contribution is 6.35. The monoisotopic (exact) mass is 215 g/mol. The molecule has 70 valence electrons. The zero-order chi connectivity index (χ0) is 9.42. The van der Waals surface area contributed by atoms with E-state index in [1.165, 1.54) is 5.56 Å². The van der Waals surface area contributed by atoms with Crippen molar-refractivity contribution in [3.63, 3.8) is 0 Å². The number of nitrogens with one attached hydrogen (secondary N) is 1. The lowest BCUT2D eigenvalue weighted by atomic mass is 9.99. The minimum atomic E-state index is 0.516. The largest absolute Gasteiger partial charge is 0.382 e. The van der Waals surface area contributed by atoms with Gasteiger partial charge in [-0.3, -0.25) is 0 Å². The minimum Gasteiger partial charge on any atom is -0.382 e. The Morgan fingerprint density at radius 3 is 2.92 bits per heavy atom. The zero-order valence-corrected chi connectivity index (χ0v) is 8.91. The van der Waals surface area contributed by atoms with Crippen LogP contribution in [0, 0.1) is 0 Å². The Balaban J connectivity index is 2.47. The molecule has 1 nitrogen and oxygen atoms in total. The SMILES string of the molecule is C[C@@H]1CCc2c(Cl)cc(Cl)cc2N1. The molecule has 0 amide bonds. The maximum Gasteiger partial charge on any atom is 0.0473 e. The molecule has 0 unspecified atom stereocenters. The third kappa shape index (κ3) is 1.77. The van der Waals surface area contributed by atoms with E-state index in [2.05, 4.69) is 12.2 Å². The Labute approximate surface area is 88.0 Å². The van der Waals surface area contributed by atoms with Crippen LogP contribution in [0.5, 0.6) is 0 Å². The highest BCUT2D eigenvalue weighted by Crippen LogP contribution is 2.33. The summed E-state index contributed by atoms with van der Waals surface area (Å²) in [5.74, 6) is 0. The van der Waals surface area contributed by atoms with Gasteiger partial charge in [-0.05, 0) is 37.5 Å². The van der Waals surface area contributed by atoms with Crippen molar-refractivity contribution in [2.45, 2.75) is 25.8 Å². The maximum absolute atomic E-state index is 6.07. The summed E-state index contributed by atoms with van der Waals surface area (Å²) in [7, 11) is 0. The molecule has 3 heteroatoms. The van der Waals surface area contributed by atoms with Gasteiger partial charge in [0.2, 0.25) is 0 Å². The Kier molecular flexibility index (Phi) is 2.39. The first kappa shape index (κ1) is 9.17. The van der Waals surface area contributed by atoms with E-state index in [1.54, 1.807) is 6.07 Å². The molecule has 1 aromatic carbocycles. The van der Waals surface area contributed by atoms with Crippen LogP contribution in [0.3, 0.4) is 0 Å². The second-order valence-electron chi connectivity index (χ2n) is 3.50. The summed E-state index contributed by atoms with van der Waals surface area (Å²) in [5.41, 5.74) is 2.29. The van der Waals surface area contributed by atoms with Gasteiger partial charge in [-0.2, -0.15) is 0 Å². The van der Waals surface area contributed by atoms with E-state index < -0.39 is 0 Å². The van der Waals surface area contributed by atoms with Crippen LogP contribution in [-0.4, -0.2) is 6.04 Å². The van der Waals surface area contributed by atoms with Gasteiger partial charge >= 0.3 is 0 Å². The quantitative estimate of drug-likeness (QED) is 0.696. The summed E-state index contributed by atoms with van der Waals surface area (Å²) in [6.45, 7) is 2.16. The summed E-state index contributed by atoms with van der Waals surface area (Å²) in [4.78, 5) is 0. The standard InChI is InChI=1S/C10H11Cl2N/c1-6-2-3-8-9(12)4-7(11)5-10(8)13-6/h4-6,13H,2-3H2,1H3/t6-/m1/s1. The molecule has 0 aliphatic carbocycles. The lowest BCUT2D eigenvalue weighted by Crippen LogP contribution is -2.22. The van der Waals surface area contributed by atoms with Gasteiger partial charge < -0.3 is 5.32 Å². The Morgan fingerprint density at radius 2 is 2.15 bits per heavy atom. The first-order valence-electron chi connectivity index (χ1n) is 4.41. The third-order valence-electron chi connectivity index (χ3n) is 2.39. The molecule has 1 aliphatic heterocycles. The Hall–Kier alpha value is -0.400. The van der Waals surface area contributed by atoms with Crippen molar-refractivity contribution in [3.8, 4) is 0 Å². The maximum atomic E-state index is 6.07. The highest BCUT2D eigenvalue weighted by atomic mass is 35.5. The van der Waals surface area contributed by atoms with Crippen LogP contribution >= 0.6 is 23.2 Å². The third-order valence-corrected chi connectivity index (χ3v) is 2.94. The zero-order valence-electron chi connectivity index (χ0n) is 7.40. The molecule has 0 radical (unpaired) electrons. The van der Waals surface area contributed by atoms with Crippen LogP contribution in [0.2, 0.25) is 10.0 Å². The van der Waals surface area contributed by atoms with Crippen molar-refractivity contribution in [1.29, 1.82) is 0 Å². The molecule has 2 rings (SSSR count).